The lowest BCUT2D eigenvalue weighted by Crippen LogP contribution is -2.22. The molecule has 0 bridgehead atoms. The Kier molecular flexibility index (Phi) is 4.16. The number of nitrogen functional groups attached to an aromatic ring is 1. The Hall–Kier alpha value is -2.60. The fourth-order valence-electron chi connectivity index (χ4n) is 1.71. The summed E-state index contributed by atoms with van der Waals surface area (Å²) in [5.74, 6) is -0.431. The first-order chi connectivity index (χ1) is 11.1. The summed E-state index contributed by atoms with van der Waals surface area (Å²) in [4.78, 5) is 13.2. The number of nitrogens with one attached hydrogen (secondary N) is 1. The first-order valence-electron chi connectivity index (χ1n) is 6.15. The van der Waals surface area contributed by atoms with Gasteiger partial charge in [0, 0.05) is 4.88 Å². The van der Waals surface area contributed by atoms with Crippen molar-refractivity contribution in [1.29, 1.82) is 0 Å². The number of nitrogens with zero attached hydrogens (tertiary/aromatic N) is 6. The number of aromatic nitrogens is 5. The quantitative estimate of drug-likeness (QED) is 0.497. The topological polar surface area (TPSA) is 137 Å². The molecule has 3 heterocycles. The number of nitrogens with two attached hydrogens (primary N) is 1. The Morgan fingerprint density at radius 3 is 3.00 bits per heavy atom. The van der Waals surface area contributed by atoms with Crippen molar-refractivity contribution in [2.24, 2.45) is 5.10 Å². The molecule has 118 valence electrons. The summed E-state index contributed by atoms with van der Waals surface area (Å²) in [5.41, 5.74) is 8.54. The Labute approximate surface area is 141 Å². The lowest BCUT2D eigenvalue weighted by molar-refractivity contribution is 0.0946. The molecule has 0 aromatic carbocycles. The van der Waals surface area contributed by atoms with E-state index in [4.69, 9.17) is 5.73 Å². The van der Waals surface area contributed by atoms with Gasteiger partial charge in [0.25, 0.3) is 5.91 Å². The van der Waals surface area contributed by atoms with Crippen LogP contribution >= 0.6 is 27.3 Å². The van der Waals surface area contributed by atoms with Gasteiger partial charge in [0.1, 0.15) is 0 Å². The molecular formula is C11H9BrN8O2S. The number of rotatable bonds is 4. The van der Waals surface area contributed by atoms with Crippen molar-refractivity contribution < 1.29 is 9.42 Å². The highest BCUT2D eigenvalue weighted by molar-refractivity contribution is 9.11. The van der Waals surface area contributed by atoms with Crippen molar-refractivity contribution in [2.75, 3.05) is 5.73 Å². The number of halogens is 1. The largest absolute Gasteiger partial charge is 0.378 e. The summed E-state index contributed by atoms with van der Waals surface area (Å²) in [6.45, 7) is 1.63. The highest BCUT2D eigenvalue weighted by Gasteiger charge is 2.22. The van der Waals surface area contributed by atoms with Crippen molar-refractivity contribution in [3.8, 4) is 5.82 Å². The van der Waals surface area contributed by atoms with E-state index in [-0.39, 0.29) is 17.3 Å². The standard InChI is InChI=1S/C11H9BrN8O2S/c1-5-8(20(19-15-5)10-9(13)17-22-18-10)11(21)16-14-4-6-2-3-7(12)23-6/h2-4H,1H3,(H2,13,17)(H,16,21)/b14-4+. The number of hydrogen-bond donors (Lipinski definition) is 2. The maximum Gasteiger partial charge on any atom is 0.292 e. The number of anilines is 1. The summed E-state index contributed by atoms with van der Waals surface area (Å²) in [5, 5.41) is 18.6. The zero-order chi connectivity index (χ0) is 16.4. The van der Waals surface area contributed by atoms with Gasteiger partial charge in [0.05, 0.1) is 15.7 Å². The number of amides is 1. The third-order valence-corrected chi connectivity index (χ3v) is 4.26. The molecule has 3 rings (SSSR count). The van der Waals surface area contributed by atoms with E-state index in [1.807, 2.05) is 12.1 Å². The molecule has 0 radical (unpaired) electrons. The van der Waals surface area contributed by atoms with Crippen LogP contribution in [-0.2, 0) is 0 Å². The molecule has 3 aromatic heterocycles. The van der Waals surface area contributed by atoms with Gasteiger partial charge in [-0.05, 0) is 45.3 Å². The molecule has 0 aliphatic heterocycles. The smallest absolute Gasteiger partial charge is 0.292 e. The Balaban J connectivity index is 1.81. The van der Waals surface area contributed by atoms with Crippen LogP contribution < -0.4 is 11.2 Å². The third-order valence-electron chi connectivity index (χ3n) is 2.70. The van der Waals surface area contributed by atoms with Crippen LogP contribution in [0.1, 0.15) is 21.1 Å². The van der Waals surface area contributed by atoms with Gasteiger partial charge in [-0.3, -0.25) is 4.79 Å². The minimum Gasteiger partial charge on any atom is -0.378 e. The van der Waals surface area contributed by atoms with Gasteiger partial charge < -0.3 is 5.73 Å². The third kappa shape index (κ3) is 3.12. The lowest BCUT2D eigenvalue weighted by Gasteiger charge is -2.02. The summed E-state index contributed by atoms with van der Waals surface area (Å²) >= 11 is 4.83. The van der Waals surface area contributed by atoms with Crippen molar-refractivity contribution in [3.05, 3.63) is 32.2 Å². The molecular weight excluding hydrogens is 388 g/mol. The predicted molar refractivity (Wildman–Crippen MR) is 85.4 cm³/mol. The number of carbonyl (C=O) groups excluding carboxylic acids is 1. The highest BCUT2D eigenvalue weighted by Crippen LogP contribution is 2.20. The van der Waals surface area contributed by atoms with Crippen LogP contribution in [0, 0.1) is 6.92 Å². The van der Waals surface area contributed by atoms with E-state index in [1.165, 1.54) is 17.6 Å². The molecule has 0 saturated carbocycles. The Morgan fingerprint density at radius 1 is 1.52 bits per heavy atom. The second-order valence-electron chi connectivity index (χ2n) is 4.25. The molecule has 1 amide bonds. The maximum atomic E-state index is 12.3. The SMILES string of the molecule is Cc1nnn(-c2nonc2N)c1C(=O)N/N=C/c1ccc(Br)s1. The monoisotopic (exact) mass is 396 g/mol. The van der Waals surface area contributed by atoms with Gasteiger partial charge in [-0.1, -0.05) is 5.21 Å². The Morgan fingerprint density at radius 2 is 2.35 bits per heavy atom. The van der Waals surface area contributed by atoms with Crippen LogP contribution in [0.3, 0.4) is 0 Å². The molecule has 23 heavy (non-hydrogen) atoms. The molecule has 0 atom stereocenters. The molecule has 12 heteroatoms. The number of hydrogen-bond acceptors (Lipinski definition) is 9. The Bertz CT molecular complexity index is 882. The molecule has 0 aliphatic rings. The normalized spacial score (nSPS) is 11.2. The van der Waals surface area contributed by atoms with Crippen LogP contribution in [0.5, 0.6) is 0 Å². The van der Waals surface area contributed by atoms with E-state index in [1.54, 1.807) is 6.92 Å². The summed E-state index contributed by atoms with van der Waals surface area (Å²) in [7, 11) is 0. The first kappa shape index (κ1) is 15.3. The molecule has 3 aromatic rings. The van der Waals surface area contributed by atoms with E-state index in [9.17, 15) is 4.79 Å². The summed E-state index contributed by atoms with van der Waals surface area (Å²) in [6, 6.07) is 3.75. The van der Waals surface area contributed by atoms with Crippen molar-refractivity contribution in [2.45, 2.75) is 6.92 Å². The fraction of sp³-hybridized carbons (Fsp3) is 0.0909. The van der Waals surface area contributed by atoms with Gasteiger partial charge in [-0.25, -0.2) is 10.1 Å². The van der Waals surface area contributed by atoms with Crippen LogP contribution in [0.2, 0.25) is 0 Å². The van der Waals surface area contributed by atoms with Gasteiger partial charge in [-0.15, -0.1) is 16.4 Å². The predicted octanol–water partition coefficient (Wildman–Crippen LogP) is 1.13. The minimum absolute atomic E-state index is 0.00381. The fourth-order valence-corrected chi connectivity index (χ4v) is 3.00. The summed E-state index contributed by atoms with van der Waals surface area (Å²) < 4.78 is 6.62. The maximum absolute atomic E-state index is 12.3. The van der Waals surface area contributed by atoms with Crippen molar-refractivity contribution in [1.82, 2.24) is 30.7 Å². The molecule has 0 unspecified atom stereocenters. The van der Waals surface area contributed by atoms with Crippen molar-refractivity contribution in [3.63, 3.8) is 0 Å². The van der Waals surface area contributed by atoms with Crippen LogP contribution in [-0.4, -0.2) is 37.4 Å². The van der Waals surface area contributed by atoms with E-state index < -0.39 is 5.91 Å². The second kappa shape index (κ2) is 6.26. The molecule has 0 aliphatic carbocycles. The number of thiophene rings is 1. The summed E-state index contributed by atoms with van der Waals surface area (Å²) in [6.07, 6.45) is 1.53. The second-order valence-corrected chi connectivity index (χ2v) is 6.74. The average molecular weight is 397 g/mol. The number of hydrazone groups is 1. The van der Waals surface area contributed by atoms with Crippen LogP contribution in [0.25, 0.3) is 5.82 Å². The molecule has 3 N–H and O–H groups in total. The van der Waals surface area contributed by atoms with Gasteiger partial charge in [0.15, 0.2) is 5.69 Å². The van der Waals surface area contributed by atoms with Gasteiger partial charge in [0.2, 0.25) is 11.6 Å². The van der Waals surface area contributed by atoms with Crippen LogP contribution in [0.4, 0.5) is 5.82 Å². The molecule has 0 spiro atoms. The van der Waals surface area contributed by atoms with E-state index in [2.05, 4.69) is 51.7 Å². The van der Waals surface area contributed by atoms with Crippen LogP contribution in [0.15, 0.2) is 25.6 Å². The zero-order valence-corrected chi connectivity index (χ0v) is 14.0. The van der Waals surface area contributed by atoms with E-state index in [0.29, 0.717) is 5.69 Å². The first-order valence-corrected chi connectivity index (χ1v) is 7.76. The van der Waals surface area contributed by atoms with Gasteiger partial charge in [-0.2, -0.15) is 9.78 Å². The lowest BCUT2D eigenvalue weighted by atomic mass is 10.3. The average Bonchev–Trinajstić information content (AvgIpc) is 3.20. The molecule has 10 nitrogen and oxygen atoms in total. The van der Waals surface area contributed by atoms with E-state index >= 15 is 0 Å². The molecule has 0 saturated heterocycles. The zero-order valence-electron chi connectivity index (χ0n) is 11.6. The number of carbonyl (C=O) groups is 1. The minimum atomic E-state index is -0.512. The molecule has 0 fully saturated rings. The highest BCUT2D eigenvalue weighted by atomic mass is 79.9. The van der Waals surface area contributed by atoms with E-state index in [0.717, 1.165) is 13.3 Å². The number of aryl methyl sites for hydroxylation is 1. The van der Waals surface area contributed by atoms with Gasteiger partial charge >= 0.3 is 0 Å². The van der Waals surface area contributed by atoms with Crippen molar-refractivity contribution >= 4 is 45.2 Å².